The second-order valence-corrected chi connectivity index (χ2v) is 6.79. The van der Waals surface area contributed by atoms with Crippen molar-refractivity contribution in [2.75, 3.05) is 23.3 Å². The number of nitrogens with zero attached hydrogens (tertiary/aromatic N) is 2. The Bertz CT molecular complexity index is 959. The van der Waals surface area contributed by atoms with Crippen molar-refractivity contribution in [3.05, 3.63) is 54.1 Å². The number of fused-ring (bicyclic) bond motifs is 1. The van der Waals surface area contributed by atoms with Gasteiger partial charge < -0.3 is 14.6 Å². The number of hydrogen-bond donors (Lipinski definition) is 1. The minimum absolute atomic E-state index is 0.154. The van der Waals surface area contributed by atoms with E-state index in [1.54, 1.807) is 0 Å². The highest BCUT2D eigenvalue weighted by atomic mass is 19.4. The largest absolute Gasteiger partial charge is 0.423 e. The van der Waals surface area contributed by atoms with Crippen LogP contribution in [0.25, 0.3) is 11.1 Å². The normalized spacial score (nSPS) is 15.8. The van der Waals surface area contributed by atoms with Crippen molar-refractivity contribution in [2.45, 2.75) is 19.0 Å². The predicted molar refractivity (Wildman–Crippen MR) is 99.0 cm³/mol. The average molecular weight is 389 g/mol. The second-order valence-electron chi connectivity index (χ2n) is 6.79. The first-order valence-electron chi connectivity index (χ1n) is 8.99. The minimum Gasteiger partial charge on any atom is -0.423 e. The SMILES string of the molecule is O=C(Nc1cccc(C(F)(F)F)c1)C1CCN(c2nc3ccccc3o2)CC1. The zero-order valence-corrected chi connectivity index (χ0v) is 14.9. The van der Waals surface area contributed by atoms with Crippen LogP contribution in [-0.2, 0) is 11.0 Å². The number of carbonyl (C=O) groups excluding carboxylic acids is 1. The first-order valence-corrected chi connectivity index (χ1v) is 8.99. The standard InChI is InChI=1S/C20H18F3N3O2/c21-20(22,23)14-4-3-5-15(12-14)24-18(27)13-8-10-26(11-9-13)19-25-16-6-1-2-7-17(16)28-19/h1-7,12-13H,8-11H2,(H,24,27). The maximum absolute atomic E-state index is 12.8. The molecule has 0 spiro atoms. The van der Waals surface area contributed by atoms with Crippen LogP contribution in [0.4, 0.5) is 24.9 Å². The molecule has 0 aliphatic carbocycles. The molecule has 4 rings (SSSR count). The van der Waals surface area contributed by atoms with Gasteiger partial charge in [-0.05, 0) is 43.2 Å². The number of para-hydroxylation sites is 2. The molecule has 146 valence electrons. The Kier molecular flexibility index (Phi) is 4.70. The molecule has 1 fully saturated rings. The summed E-state index contributed by atoms with van der Waals surface area (Å²) in [6, 6.07) is 12.7. The topological polar surface area (TPSA) is 58.4 Å². The van der Waals surface area contributed by atoms with E-state index in [1.807, 2.05) is 29.2 Å². The molecule has 0 saturated carbocycles. The molecule has 1 saturated heterocycles. The summed E-state index contributed by atoms with van der Waals surface area (Å²) in [5.41, 5.74) is 0.862. The third-order valence-corrected chi connectivity index (χ3v) is 4.88. The van der Waals surface area contributed by atoms with Crippen molar-refractivity contribution in [1.82, 2.24) is 4.98 Å². The lowest BCUT2D eigenvalue weighted by molar-refractivity contribution is -0.137. The van der Waals surface area contributed by atoms with E-state index in [1.165, 1.54) is 12.1 Å². The highest BCUT2D eigenvalue weighted by Gasteiger charge is 2.31. The number of oxazole rings is 1. The van der Waals surface area contributed by atoms with Gasteiger partial charge in [0.05, 0.1) is 5.56 Å². The molecule has 1 aliphatic heterocycles. The van der Waals surface area contributed by atoms with Gasteiger partial charge in [0.1, 0.15) is 5.52 Å². The number of alkyl halides is 3. The predicted octanol–water partition coefficient (Wildman–Crippen LogP) is 4.70. The number of benzene rings is 2. The van der Waals surface area contributed by atoms with Gasteiger partial charge in [-0.25, -0.2) is 0 Å². The van der Waals surface area contributed by atoms with Crippen LogP contribution >= 0.6 is 0 Å². The summed E-state index contributed by atoms with van der Waals surface area (Å²) in [6.07, 6.45) is -3.29. The third-order valence-electron chi connectivity index (χ3n) is 4.88. The van der Waals surface area contributed by atoms with Crippen LogP contribution in [0.2, 0.25) is 0 Å². The van der Waals surface area contributed by atoms with Gasteiger partial charge in [-0.1, -0.05) is 18.2 Å². The second kappa shape index (κ2) is 7.18. The molecule has 5 nitrogen and oxygen atoms in total. The van der Waals surface area contributed by atoms with Gasteiger partial charge in [-0.15, -0.1) is 0 Å². The number of nitrogens with one attached hydrogen (secondary N) is 1. The molecule has 0 bridgehead atoms. The zero-order chi connectivity index (χ0) is 19.7. The number of anilines is 2. The van der Waals surface area contributed by atoms with Crippen molar-refractivity contribution in [3.63, 3.8) is 0 Å². The van der Waals surface area contributed by atoms with Gasteiger partial charge >= 0.3 is 6.18 Å². The van der Waals surface area contributed by atoms with Gasteiger partial charge in [0.25, 0.3) is 6.01 Å². The summed E-state index contributed by atoms with van der Waals surface area (Å²) in [5, 5.41) is 2.60. The Labute approximate surface area is 159 Å². The minimum atomic E-state index is -4.44. The molecule has 3 aromatic rings. The van der Waals surface area contributed by atoms with Gasteiger partial charge in [0.2, 0.25) is 5.91 Å². The van der Waals surface area contributed by atoms with E-state index in [-0.39, 0.29) is 17.5 Å². The van der Waals surface area contributed by atoms with Crippen LogP contribution in [0.1, 0.15) is 18.4 Å². The maximum Gasteiger partial charge on any atom is 0.416 e. The van der Waals surface area contributed by atoms with Crippen molar-refractivity contribution < 1.29 is 22.4 Å². The first kappa shape index (κ1) is 18.3. The van der Waals surface area contributed by atoms with Crippen LogP contribution in [-0.4, -0.2) is 24.0 Å². The van der Waals surface area contributed by atoms with E-state index < -0.39 is 11.7 Å². The molecule has 1 N–H and O–H groups in total. The lowest BCUT2D eigenvalue weighted by Crippen LogP contribution is -2.38. The first-order chi connectivity index (χ1) is 13.4. The molecular formula is C20H18F3N3O2. The van der Waals surface area contributed by atoms with Crippen LogP contribution in [0.15, 0.2) is 52.9 Å². The number of piperidine rings is 1. The van der Waals surface area contributed by atoms with Crippen LogP contribution in [0, 0.1) is 5.92 Å². The number of hydrogen-bond acceptors (Lipinski definition) is 4. The summed E-state index contributed by atoms with van der Waals surface area (Å²) in [6.45, 7) is 1.18. The number of amides is 1. The number of rotatable bonds is 3. The van der Waals surface area contributed by atoms with E-state index in [0.29, 0.717) is 37.5 Å². The quantitative estimate of drug-likeness (QED) is 0.705. The maximum atomic E-state index is 12.8. The Balaban J connectivity index is 1.37. The van der Waals surface area contributed by atoms with E-state index in [4.69, 9.17) is 4.42 Å². The van der Waals surface area contributed by atoms with Crippen molar-refractivity contribution in [3.8, 4) is 0 Å². The van der Waals surface area contributed by atoms with E-state index in [2.05, 4.69) is 10.3 Å². The lowest BCUT2D eigenvalue weighted by atomic mass is 9.96. The summed E-state index contributed by atoms with van der Waals surface area (Å²) in [4.78, 5) is 18.9. The van der Waals surface area contributed by atoms with Crippen molar-refractivity contribution in [1.29, 1.82) is 0 Å². The molecule has 28 heavy (non-hydrogen) atoms. The smallest absolute Gasteiger partial charge is 0.416 e. The number of aromatic nitrogens is 1. The fourth-order valence-electron chi connectivity index (χ4n) is 3.35. The zero-order valence-electron chi connectivity index (χ0n) is 14.9. The monoisotopic (exact) mass is 389 g/mol. The molecule has 8 heteroatoms. The summed E-state index contributed by atoms with van der Waals surface area (Å²) in [7, 11) is 0. The van der Waals surface area contributed by atoms with Crippen LogP contribution in [0.5, 0.6) is 0 Å². The summed E-state index contributed by atoms with van der Waals surface area (Å²) < 4.78 is 44.2. The molecule has 0 atom stereocenters. The fraction of sp³-hybridized carbons (Fsp3) is 0.300. The Morgan fingerprint density at radius 2 is 1.86 bits per heavy atom. The average Bonchev–Trinajstić information content (AvgIpc) is 3.12. The number of carbonyl (C=O) groups is 1. The van der Waals surface area contributed by atoms with E-state index in [0.717, 1.165) is 17.6 Å². The van der Waals surface area contributed by atoms with Crippen molar-refractivity contribution in [2.24, 2.45) is 5.92 Å². The molecule has 1 aromatic heterocycles. The molecular weight excluding hydrogens is 371 g/mol. The molecule has 2 heterocycles. The van der Waals surface area contributed by atoms with Gasteiger partial charge in [0, 0.05) is 24.7 Å². The summed E-state index contributed by atoms with van der Waals surface area (Å²) in [5.74, 6) is -0.535. The highest BCUT2D eigenvalue weighted by Crippen LogP contribution is 2.31. The van der Waals surface area contributed by atoms with Gasteiger partial charge in [0.15, 0.2) is 5.58 Å². The molecule has 1 aliphatic rings. The molecule has 0 radical (unpaired) electrons. The van der Waals surface area contributed by atoms with Gasteiger partial charge in [-0.3, -0.25) is 4.79 Å². The van der Waals surface area contributed by atoms with Crippen LogP contribution < -0.4 is 10.2 Å². The lowest BCUT2D eigenvalue weighted by Gasteiger charge is -2.30. The highest BCUT2D eigenvalue weighted by molar-refractivity contribution is 5.92. The van der Waals surface area contributed by atoms with Crippen LogP contribution in [0.3, 0.4) is 0 Å². The third kappa shape index (κ3) is 3.81. The Morgan fingerprint density at radius 1 is 1.11 bits per heavy atom. The van der Waals surface area contributed by atoms with E-state index >= 15 is 0 Å². The van der Waals surface area contributed by atoms with Gasteiger partial charge in [-0.2, -0.15) is 18.2 Å². The summed E-state index contributed by atoms with van der Waals surface area (Å²) >= 11 is 0. The molecule has 0 unspecified atom stereocenters. The fourth-order valence-corrected chi connectivity index (χ4v) is 3.35. The molecule has 1 amide bonds. The van der Waals surface area contributed by atoms with Crippen molar-refractivity contribution >= 4 is 28.7 Å². The van der Waals surface area contributed by atoms with E-state index in [9.17, 15) is 18.0 Å². The molecule has 2 aromatic carbocycles. The Hall–Kier alpha value is -3.03. The number of halogens is 3. The Morgan fingerprint density at radius 3 is 2.57 bits per heavy atom.